The highest BCUT2D eigenvalue weighted by molar-refractivity contribution is 5.85. The number of ether oxygens (including phenoxy) is 2. The van der Waals surface area contributed by atoms with E-state index in [1.807, 2.05) is 31.2 Å². The average molecular weight is 321 g/mol. The van der Waals surface area contributed by atoms with Crippen LogP contribution in [0.1, 0.15) is 38.8 Å². The van der Waals surface area contributed by atoms with E-state index >= 15 is 0 Å². The zero-order valence-corrected chi connectivity index (χ0v) is 14.6. The quantitative estimate of drug-likeness (QED) is 0.782. The van der Waals surface area contributed by atoms with Crippen molar-refractivity contribution in [3.8, 4) is 0 Å². The molecule has 1 rings (SSSR count). The lowest BCUT2D eigenvalue weighted by Crippen LogP contribution is -2.44. The predicted molar refractivity (Wildman–Crippen MR) is 89.3 cm³/mol. The Morgan fingerprint density at radius 2 is 1.78 bits per heavy atom. The van der Waals surface area contributed by atoms with Crippen LogP contribution in [0, 0.1) is 0 Å². The molecule has 1 aromatic rings. The summed E-state index contributed by atoms with van der Waals surface area (Å²) in [7, 11) is 1.31. The zero-order valence-electron chi connectivity index (χ0n) is 14.6. The molecule has 1 atom stereocenters. The fraction of sp³-hybridized carbons (Fsp3) is 0.556. The fourth-order valence-corrected chi connectivity index (χ4v) is 2.14. The summed E-state index contributed by atoms with van der Waals surface area (Å²) in [6.07, 6.45) is 0.384. The number of nitrogens with one attached hydrogen (secondary N) is 1. The van der Waals surface area contributed by atoms with E-state index in [0.29, 0.717) is 13.0 Å². The van der Waals surface area contributed by atoms with Crippen molar-refractivity contribution >= 4 is 11.9 Å². The summed E-state index contributed by atoms with van der Waals surface area (Å²) < 4.78 is 9.82. The molecule has 23 heavy (non-hydrogen) atoms. The van der Waals surface area contributed by atoms with E-state index < -0.39 is 12.0 Å². The second-order valence-corrected chi connectivity index (χ2v) is 6.43. The Morgan fingerprint density at radius 3 is 2.26 bits per heavy atom. The monoisotopic (exact) mass is 321 g/mol. The van der Waals surface area contributed by atoms with Crippen LogP contribution >= 0.6 is 0 Å². The molecule has 1 aromatic carbocycles. The maximum atomic E-state index is 11.9. The molecule has 5 nitrogen and oxygen atoms in total. The Morgan fingerprint density at radius 1 is 1.17 bits per heavy atom. The minimum Gasteiger partial charge on any atom is -0.467 e. The normalized spacial score (nSPS) is 12.6. The third kappa shape index (κ3) is 6.40. The van der Waals surface area contributed by atoms with Gasteiger partial charge in [0.15, 0.2) is 0 Å². The van der Waals surface area contributed by atoms with Crippen LogP contribution in [0.2, 0.25) is 0 Å². The molecule has 0 radical (unpaired) electrons. The van der Waals surface area contributed by atoms with Crippen LogP contribution in [0.5, 0.6) is 0 Å². The number of carbonyl (C=O) groups is 2. The first-order chi connectivity index (χ1) is 10.8. The van der Waals surface area contributed by atoms with Crippen molar-refractivity contribution in [2.45, 2.75) is 45.6 Å². The van der Waals surface area contributed by atoms with Gasteiger partial charge in [-0.25, -0.2) is 4.79 Å². The number of carbonyl (C=O) groups excluding carboxylic acids is 2. The number of rotatable bonds is 7. The Hall–Kier alpha value is -1.88. The lowest BCUT2D eigenvalue weighted by Gasteiger charge is -2.20. The van der Waals surface area contributed by atoms with Gasteiger partial charge in [0, 0.05) is 13.0 Å². The van der Waals surface area contributed by atoms with Crippen molar-refractivity contribution in [1.29, 1.82) is 0 Å². The maximum Gasteiger partial charge on any atom is 0.328 e. The summed E-state index contributed by atoms with van der Waals surface area (Å²) >= 11 is 0. The number of benzene rings is 1. The van der Waals surface area contributed by atoms with E-state index in [1.54, 1.807) is 0 Å². The molecule has 5 heteroatoms. The minimum absolute atomic E-state index is 0.0625. The molecule has 0 heterocycles. The van der Waals surface area contributed by atoms with Crippen molar-refractivity contribution < 1.29 is 19.1 Å². The van der Waals surface area contributed by atoms with Gasteiger partial charge in [0.2, 0.25) is 5.91 Å². The zero-order chi connectivity index (χ0) is 17.5. The van der Waals surface area contributed by atoms with Crippen molar-refractivity contribution in [3.63, 3.8) is 0 Å². The van der Waals surface area contributed by atoms with Crippen molar-refractivity contribution in [1.82, 2.24) is 5.32 Å². The van der Waals surface area contributed by atoms with Crippen molar-refractivity contribution in [2.75, 3.05) is 20.3 Å². The lowest BCUT2D eigenvalue weighted by atomic mass is 9.86. The summed E-state index contributed by atoms with van der Waals surface area (Å²) in [4.78, 5) is 23.6. The summed E-state index contributed by atoms with van der Waals surface area (Å²) in [5.74, 6) is -0.789. The van der Waals surface area contributed by atoms with E-state index in [0.717, 1.165) is 5.56 Å². The second-order valence-electron chi connectivity index (χ2n) is 6.43. The van der Waals surface area contributed by atoms with Gasteiger partial charge in [-0.15, -0.1) is 0 Å². The Bertz CT molecular complexity index is 517. The predicted octanol–water partition coefficient (Wildman–Crippen LogP) is 2.22. The van der Waals surface area contributed by atoms with Gasteiger partial charge in [-0.1, -0.05) is 45.0 Å². The van der Waals surface area contributed by atoms with Crippen LogP contribution in [0.3, 0.4) is 0 Å². The molecule has 0 aliphatic carbocycles. The molecule has 0 saturated carbocycles. The smallest absolute Gasteiger partial charge is 0.328 e. The van der Waals surface area contributed by atoms with Crippen molar-refractivity contribution in [2.24, 2.45) is 0 Å². The highest BCUT2D eigenvalue weighted by Crippen LogP contribution is 2.22. The molecule has 1 N–H and O–H groups in total. The van der Waals surface area contributed by atoms with E-state index in [4.69, 9.17) is 9.47 Å². The van der Waals surface area contributed by atoms with Gasteiger partial charge >= 0.3 is 5.97 Å². The molecule has 0 aliphatic rings. The third-order valence-corrected chi connectivity index (χ3v) is 3.52. The molecule has 0 fully saturated rings. The Balaban J connectivity index is 2.77. The molecule has 1 amide bonds. The van der Waals surface area contributed by atoms with Gasteiger partial charge in [0.25, 0.3) is 0 Å². The lowest BCUT2D eigenvalue weighted by molar-refractivity contribution is -0.145. The molecule has 0 unspecified atom stereocenters. The van der Waals surface area contributed by atoms with Gasteiger partial charge in [0.1, 0.15) is 12.6 Å². The average Bonchev–Trinajstić information content (AvgIpc) is 2.51. The molecule has 0 bridgehead atoms. The number of hydrogen-bond acceptors (Lipinski definition) is 4. The van der Waals surface area contributed by atoms with E-state index in [2.05, 4.69) is 26.1 Å². The fourth-order valence-electron chi connectivity index (χ4n) is 2.14. The molecule has 0 spiro atoms. The Kier molecular flexibility index (Phi) is 7.23. The van der Waals surface area contributed by atoms with E-state index in [-0.39, 0.29) is 17.9 Å². The largest absolute Gasteiger partial charge is 0.467 e. The second kappa shape index (κ2) is 8.67. The molecule has 128 valence electrons. The highest BCUT2D eigenvalue weighted by atomic mass is 16.5. The SMILES string of the molecule is CCOCC(=O)N[C@H](Cc1ccc(C(C)(C)C)cc1)C(=O)OC. The number of esters is 1. The first-order valence-corrected chi connectivity index (χ1v) is 7.82. The standard InChI is InChI=1S/C18H27NO4/c1-6-23-12-16(20)19-15(17(21)22-5)11-13-7-9-14(10-8-13)18(2,3)4/h7-10,15H,6,11-12H2,1-5H3,(H,19,20)/t15-/m1/s1. The van der Waals surface area contributed by atoms with Gasteiger partial charge in [0.05, 0.1) is 7.11 Å². The van der Waals surface area contributed by atoms with Crippen LogP contribution in [0.15, 0.2) is 24.3 Å². The summed E-state index contributed by atoms with van der Waals surface area (Å²) in [6.45, 7) is 8.63. The molecule has 0 aliphatic heterocycles. The molecule has 0 saturated heterocycles. The number of hydrogen-bond donors (Lipinski definition) is 1. The van der Waals surface area contributed by atoms with E-state index in [9.17, 15) is 9.59 Å². The van der Waals surface area contributed by atoms with Gasteiger partial charge < -0.3 is 14.8 Å². The number of amides is 1. The first-order valence-electron chi connectivity index (χ1n) is 7.82. The van der Waals surface area contributed by atoms with Crippen LogP contribution in [0.4, 0.5) is 0 Å². The van der Waals surface area contributed by atoms with E-state index in [1.165, 1.54) is 12.7 Å². The number of methoxy groups -OCH3 is 1. The van der Waals surface area contributed by atoms with Crippen LogP contribution in [-0.2, 0) is 30.9 Å². The topological polar surface area (TPSA) is 64.6 Å². The summed E-state index contributed by atoms with van der Waals surface area (Å²) in [5, 5.41) is 2.66. The van der Waals surface area contributed by atoms with Crippen LogP contribution in [-0.4, -0.2) is 38.2 Å². The highest BCUT2D eigenvalue weighted by Gasteiger charge is 2.22. The van der Waals surface area contributed by atoms with Crippen LogP contribution in [0.25, 0.3) is 0 Å². The molecule has 0 aromatic heterocycles. The third-order valence-electron chi connectivity index (χ3n) is 3.52. The Labute approximate surface area is 138 Å². The van der Waals surface area contributed by atoms with Crippen LogP contribution < -0.4 is 5.32 Å². The maximum absolute atomic E-state index is 11.9. The summed E-state index contributed by atoms with van der Waals surface area (Å²) in [5.41, 5.74) is 2.26. The minimum atomic E-state index is -0.714. The van der Waals surface area contributed by atoms with Crippen molar-refractivity contribution in [3.05, 3.63) is 35.4 Å². The summed E-state index contributed by atoms with van der Waals surface area (Å²) in [6, 6.07) is 7.34. The van der Waals surface area contributed by atoms with Gasteiger partial charge in [-0.2, -0.15) is 0 Å². The van der Waals surface area contributed by atoms with Gasteiger partial charge in [-0.3, -0.25) is 4.79 Å². The first kappa shape index (κ1) is 19.2. The molecular formula is C18H27NO4. The molecular weight excluding hydrogens is 294 g/mol. The van der Waals surface area contributed by atoms with Gasteiger partial charge in [-0.05, 0) is 23.5 Å².